The Balaban J connectivity index is 2.22. The third-order valence-electron chi connectivity index (χ3n) is 2.39. The summed E-state index contributed by atoms with van der Waals surface area (Å²) in [5, 5.41) is 7.46. The van der Waals surface area contributed by atoms with E-state index in [-0.39, 0.29) is 0 Å². The van der Waals surface area contributed by atoms with Crippen LogP contribution in [0.5, 0.6) is 5.75 Å². The highest BCUT2D eigenvalue weighted by atomic mass is 16.5. The van der Waals surface area contributed by atoms with Gasteiger partial charge < -0.3 is 10.1 Å². The first-order valence-electron chi connectivity index (χ1n) is 5.63. The Bertz CT molecular complexity index is 481. The number of rotatable bonds is 5. The molecule has 2 rings (SSSR count). The van der Waals surface area contributed by atoms with Gasteiger partial charge in [0.2, 0.25) is 0 Å². The Kier molecular flexibility index (Phi) is 3.59. The van der Waals surface area contributed by atoms with Crippen LogP contribution in [0.1, 0.15) is 13.3 Å². The lowest BCUT2D eigenvalue weighted by Crippen LogP contribution is -2.05. The molecule has 0 saturated heterocycles. The second-order valence-corrected chi connectivity index (χ2v) is 3.62. The largest absolute Gasteiger partial charge is 0.493 e. The lowest BCUT2D eigenvalue weighted by Gasteiger charge is -2.10. The van der Waals surface area contributed by atoms with Crippen LogP contribution in [0.15, 0.2) is 30.6 Å². The molecule has 1 N–H and O–H groups in total. The van der Waals surface area contributed by atoms with Gasteiger partial charge in [-0.2, -0.15) is 5.10 Å². The van der Waals surface area contributed by atoms with Crippen molar-refractivity contribution in [3.63, 3.8) is 0 Å². The van der Waals surface area contributed by atoms with Gasteiger partial charge >= 0.3 is 0 Å². The molecule has 2 aromatic heterocycles. The van der Waals surface area contributed by atoms with Gasteiger partial charge in [-0.05, 0) is 18.6 Å². The average molecular weight is 232 g/mol. The predicted molar refractivity (Wildman–Crippen MR) is 66.6 cm³/mol. The maximum absolute atomic E-state index is 5.24. The summed E-state index contributed by atoms with van der Waals surface area (Å²) in [6, 6.07) is 5.63. The summed E-state index contributed by atoms with van der Waals surface area (Å²) in [5.74, 6) is 2.34. The van der Waals surface area contributed by atoms with Crippen LogP contribution in [0, 0.1) is 0 Å². The van der Waals surface area contributed by atoms with Crippen LogP contribution in [0.3, 0.4) is 0 Å². The van der Waals surface area contributed by atoms with Crippen LogP contribution in [-0.4, -0.2) is 21.9 Å². The highest BCUT2D eigenvalue weighted by molar-refractivity contribution is 5.59. The Hall–Kier alpha value is -2.04. The maximum Gasteiger partial charge on any atom is 0.174 e. The first-order chi connectivity index (χ1) is 8.35. The van der Waals surface area contributed by atoms with E-state index in [0.717, 1.165) is 24.5 Å². The number of anilines is 2. The molecule has 0 amide bonds. The summed E-state index contributed by atoms with van der Waals surface area (Å²) < 4.78 is 7.15. The first-order valence-corrected chi connectivity index (χ1v) is 5.63. The molecule has 90 valence electrons. The van der Waals surface area contributed by atoms with Crippen molar-refractivity contribution < 1.29 is 4.74 Å². The molecule has 0 unspecified atom stereocenters. The summed E-state index contributed by atoms with van der Waals surface area (Å²) in [7, 11) is 1.63. The zero-order valence-electron chi connectivity index (χ0n) is 10.1. The van der Waals surface area contributed by atoms with E-state index in [4.69, 9.17) is 4.74 Å². The number of pyridine rings is 1. The zero-order chi connectivity index (χ0) is 12.1. The molecule has 2 heterocycles. The van der Waals surface area contributed by atoms with Crippen molar-refractivity contribution in [2.45, 2.75) is 19.9 Å². The molecule has 0 atom stereocenters. The van der Waals surface area contributed by atoms with E-state index < -0.39 is 0 Å². The van der Waals surface area contributed by atoms with Crippen molar-refractivity contribution in [2.75, 3.05) is 12.4 Å². The number of hydrogen-bond acceptors (Lipinski definition) is 4. The van der Waals surface area contributed by atoms with Crippen molar-refractivity contribution >= 4 is 11.6 Å². The van der Waals surface area contributed by atoms with Crippen LogP contribution < -0.4 is 10.1 Å². The SMILES string of the molecule is CCCn1nccc1Nc1ncccc1OC. The van der Waals surface area contributed by atoms with E-state index in [9.17, 15) is 0 Å². The molecular formula is C12H16N4O. The zero-order valence-corrected chi connectivity index (χ0v) is 10.1. The van der Waals surface area contributed by atoms with Gasteiger partial charge in [-0.3, -0.25) is 0 Å². The van der Waals surface area contributed by atoms with Crippen molar-refractivity contribution in [1.82, 2.24) is 14.8 Å². The molecule has 0 bridgehead atoms. The highest BCUT2D eigenvalue weighted by Gasteiger charge is 2.06. The summed E-state index contributed by atoms with van der Waals surface area (Å²) >= 11 is 0. The molecule has 2 aromatic rings. The second-order valence-electron chi connectivity index (χ2n) is 3.62. The minimum Gasteiger partial charge on any atom is -0.493 e. The molecule has 5 nitrogen and oxygen atoms in total. The summed E-state index contributed by atoms with van der Waals surface area (Å²) in [6.07, 6.45) is 4.54. The van der Waals surface area contributed by atoms with E-state index in [2.05, 4.69) is 22.3 Å². The van der Waals surface area contributed by atoms with Crippen LogP contribution in [0.4, 0.5) is 11.6 Å². The minimum absolute atomic E-state index is 0.702. The number of ether oxygens (including phenoxy) is 1. The van der Waals surface area contributed by atoms with Crippen molar-refractivity contribution in [3.05, 3.63) is 30.6 Å². The van der Waals surface area contributed by atoms with Gasteiger partial charge in [0, 0.05) is 18.8 Å². The molecule has 5 heteroatoms. The van der Waals surface area contributed by atoms with Crippen LogP contribution in [-0.2, 0) is 6.54 Å². The topological polar surface area (TPSA) is 52.0 Å². The molecular weight excluding hydrogens is 216 g/mol. The Morgan fingerprint density at radius 1 is 1.35 bits per heavy atom. The number of hydrogen-bond donors (Lipinski definition) is 1. The minimum atomic E-state index is 0.702. The summed E-state index contributed by atoms with van der Waals surface area (Å²) in [5.41, 5.74) is 0. The monoisotopic (exact) mass is 232 g/mol. The van der Waals surface area contributed by atoms with Gasteiger partial charge in [-0.25, -0.2) is 9.67 Å². The smallest absolute Gasteiger partial charge is 0.174 e. The van der Waals surface area contributed by atoms with E-state index in [1.54, 1.807) is 19.5 Å². The fourth-order valence-electron chi connectivity index (χ4n) is 1.60. The van der Waals surface area contributed by atoms with Gasteiger partial charge in [0.05, 0.1) is 13.3 Å². The molecule has 0 aromatic carbocycles. The average Bonchev–Trinajstić information content (AvgIpc) is 2.78. The quantitative estimate of drug-likeness (QED) is 0.860. The lowest BCUT2D eigenvalue weighted by molar-refractivity contribution is 0.415. The van der Waals surface area contributed by atoms with E-state index >= 15 is 0 Å². The van der Waals surface area contributed by atoms with Gasteiger partial charge in [-0.1, -0.05) is 6.92 Å². The fraction of sp³-hybridized carbons (Fsp3) is 0.333. The van der Waals surface area contributed by atoms with E-state index in [0.29, 0.717) is 5.82 Å². The summed E-state index contributed by atoms with van der Waals surface area (Å²) in [4.78, 5) is 4.25. The molecule has 0 aliphatic carbocycles. The number of methoxy groups -OCH3 is 1. The van der Waals surface area contributed by atoms with E-state index in [1.165, 1.54) is 0 Å². The molecule has 0 fully saturated rings. The lowest BCUT2D eigenvalue weighted by atomic mass is 10.4. The Labute approximate surface area is 100 Å². The van der Waals surface area contributed by atoms with Crippen molar-refractivity contribution in [2.24, 2.45) is 0 Å². The number of aryl methyl sites for hydroxylation is 1. The predicted octanol–water partition coefficient (Wildman–Crippen LogP) is 2.44. The number of nitrogens with zero attached hydrogens (tertiary/aromatic N) is 3. The van der Waals surface area contributed by atoms with E-state index in [1.807, 2.05) is 22.9 Å². The Morgan fingerprint density at radius 3 is 3.00 bits per heavy atom. The molecule has 17 heavy (non-hydrogen) atoms. The van der Waals surface area contributed by atoms with Gasteiger partial charge in [0.15, 0.2) is 11.6 Å². The number of aromatic nitrogens is 3. The normalized spacial score (nSPS) is 10.2. The first kappa shape index (κ1) is 11.4. The van der Waals surface area contributed by atoms with Gasteiger partial charge in [0.25, 0.3) is 0 Å². The third kappa shape index (κ3) is 2.55. The standard InChI is InChI=1S/C12H16N4O/c1-3-9-16-11(6-8-14-16)15-12-10(17-2)5-4-7-13-12/h4-8H,3,9H2,1-2H3,(H,13,15). The molecule has 0 aliphatic heterocycles. The molecule has 0 saturated carbocycles. The van der Waals surface area contributed by atoms with Crippen molar-refractivity contribution in [1.29, 1.82) is 0 Å². The van der Waals surface area contributed by atoms with Crippen LogP contribution in [0.2, 0.25) is 0 Å². The molecule has 0 spiro atoms. The van der Waals surface area contributed by atoms with Crippen LogP contribution in [0.25, 0.3) is 0 Å². The van der Waals surface area contributed by atoms with Crippen LogP contribution >= 0.6 is 0 Å². The Morgan fingerprint density at radius 2 is 2.24 bits per heavy atom. The molecule has 0 radical (unpaired) electrons. The van der Waals surface area contributed by atoms with Gasteiger partial charge in [0.1, 0.15) is 5.82 Å². The van der Waals surface area contributed by atoms with Gasteiger partial charge in [-0.15, -0.1) is 0 Å². The summed E-state index contributed by atoms with van der Waals surface area (Å²) in [6.45, 7) is 3.00. The molecule has 0 aliphatic rings. The maximum atomic E-state index is 5.24. The number of nitrogens with one attached hydrogen (secondary N) is 1. The highest BCUT2D eigenvalue weighted by Crippen LogP contribution is 2.24. The third-order valence-corrected chi connectivity index (χ3v) is 2.39. The second kappa shape index (κ2) is 5.34. The van der Waals surface area contributed by atoms with Crippen molar-refractivity contribution in [3.8, 4) is 5.75 Å². The fourth-order valence-corrected chi connectivity index (χ4v) is 1.60.